The average Bonchev–Trinajstić information content (AvgIpc) is 2.94. The van der Waals surface area contributed by atoms with E-state index in [-0.39, 0.29) is 0 Å². The summed E-state index contributed by atoms with van der Waals surface area (Å²) in [6, 6.07) is 0.317. The Morgan fingerprint density at radius 1 is 1.41 bits per heavy atom. The molecule has 0 amide bonds. The largest absolute Gasteiger partial charge is 0.328 e. The van der Waals surface area contributed by atoms with Gasteiger partial charge in [0.15, 0.2) is 0 Å². The molecule has 0 aliphatic carbocycles. The summed E-state index contributed by atoms with van der Waals surface area (Å²) >= 11 is 0. The van der Waals surface area contributed by atoms with E-state index in [4.69, 9.17) is 5.73 Å². The van der Waals surface area contributed by atoms with Crippen LogP contribution >= 0.6 is 0 Å². The summed E-state index contributed by atoms with van der Waals surface area (Å²) in [7, 11) is 1.91. The second-order valence-electron chi connectivity index (χ2n) is 4.27. The maximum atomic E-state index is 5.83. The number of rotatable bonds is 5. The van der Waals surface area contributed by atoms with Crippen LogP contribution in [0.3, 0.4) is 0 Å². The van der Waals surface area contributed by atoms with E-state index in [0.29, 0.717) is 12.6 Å². The minimum absolute atomic E-state index is 0.317. The standard InChI is InChI=1S/C12H19N5/c1-3-4-11(5-13)17-9-14-7-12(17)10-6-15-16(2)8-10/h6-9,11H,3-5,13H2,1-2H3. The van der Waals surface area contributed by atoms with Crippen molar-refractivity contribution in [3.05, 3.63) is 24.9 Å². The van der Waals surface area contributed by atoms with Crippen molar-refractivity contribution in [3.8, 4) is 11.3 Å². The molecule has 0 aliphatic rings. The molecule has 0 bridgehead atoms. The van der Waals surface area contributed by atoms with Gasteiger partial charge in [-0.1, -0.05) is 13.3 Å². The van der Waals surface area contributed by atoms with Gasteiger partial charge in [0.05, 0.1) is 24.4 Å². The van der Waals surface area contributed by atoms with E-state index in [1.807, 2.05) is 32.0 Å². The first kappa shape index (κ1) is 11.9. The van der Waals surface area contributed by atoms with E-state index in [1.54, 1.807) is 4.68 Å². The average molecular weight is 233 g/mol. The van der Waals surface area contributed by atoms with Gasteiger partial charge in [0.2, 0.25) is 0 Å². The van der Waals surface area contributed by atoms with E-state index in [0.717, 1.165) is 24.1 Å². The predicted octanol–water partition coefficient (Wildman–Crippen LogP) is 1.58. The van der Waals surface area contributed by atoms with Gasteiger partial charge in [-0.15, -0.1) is 0 Å². The molecular formula is C12H19N5. The van der Waals surface area contributed by atoms with Crippen LogP contribution in [-0.4, -0.2) is 25.9 Å². The van der Waals surface area contributed by atoms with E-state index in [1.165, 1.54) is 0 Å². The second-order valence-corrected chi connectivity index (χ2v) is 4.27. The molecule has 0 fully saturated rings. The first-order valence-electron chi connectivity index (χ1n) is 5.97. The third-order valence-corrected chi connectivity index (χ3v) is 2.95. The van der Waals surface area contributed by atoms with Crippen molar-refractivity contribution in [1.82, 2.24) is 19.3 Å². The van der Waals surface area contributed by atoms with Gasteiger partial charge >= 0.3 is 0 Å². The molecule has 2 heterocycles. The van der Waals surface area contributed by atoms with Gasteiger partial charge in [0, 0.05) is 31.4 Å². The summed E-state index contributed by atoms with van der Waals surface area (Å²) in [4.78, 5) is 4.23. The Hall–Kier alpha value is -1.62. The highest BCUT2D eigenvalue weighted by atomic mass is 15.2. The third kappa shape index (κ3) is 2.39. The molecule has 0 radical (unpaired) electrons. The summed E-state index contributed by atoms with van der Waals surface area (Å²) in [5.41, 5.74) is 8.00. The quantitative estimate of drug-likeness (QED) is 0.853. The monoisotopic (exact) mass is 233 g/mol. The van der Waals surface area contributed by atoms with Gasteiger partial charge < -0.3 is 10.3 Å². The van der Waals surface area contributed by atoms with Crippen molar-refractivity contribution in [3.63, 3.8) is 0 Å². The molecule has 2 aromatic rings. The molecule has 2 aromatic heterocycles. The maximum absolute atomic E-state index is 5.83. The maximum Gasteiger partial charge on any atom is 0.0954 e. The van der Waals surface area contributed by atoms with Gasteiger partial charge in [-0.3, -0.25) is 4.68 Å². The molecule has 92 valence electrons. The van der Waals surface area contributed by atoms with Crippen LogP contribution in [0.25, 0.3) is 11.3 Å². The van der Waals surface area contributed by atoms with Crippen molar-refractivity contribution in [2.24, 2.45) is 12.8 Å². The fourth-order valence-corrected chi connectivity index (χ4v) is 2.08. The Kier molecular flexibility index (Phi) is 3.58. The molecule has 0 aromatic carbocycles. The lowest BCUT2D eigenvalue weighted by Gasteiger charge is -2.18. The minimum Gasteiger partial charge on any atom is -0.328 e. The van der Waals surface area contributed by atoms with Crippen LogP contribution in [0.2, 0.25) is 0 Å². The van der Waals surface area contributed by atoms with Gasteiger partial charge in [0.25, 0.3) is 0 Å². The minimum atomic E-state index is 0.317. The molecule has 5 heteroatoms. The second kappa shape index (κ2) is 5.14. The van der Waals surface area contributed by atoms with Gasteiger partial charge in [-0.25, -0.2) is 4.98 Å². The van der Waals surface area contributed by atoms with Gasteiger partial charge in [0.1, 0.15) is 0 Å². The zero-order chi connectivity index (χ0) is 12.3. The lowest BCUT2D eigenvalue weighted by molar-refractivity contribution is 0.473. The molecule has 0 aliphatic heterocycles. The number of imidazole rings is 1. The summed E-state index contributed by atoms with van der Waals surface area (Å²) in [6.07, 6.45) is 9.76. The van der Waals surface area contributed by atoms with Crippen LogP contribution in [0.5, 0.6) is 0 Å². The summed E-state index contributed by atoms with van der Waals surface area (Å²) in [5.74, 6) is 0. The first-order valence-corrected chi connectivity index (χ1v) is 5.97. The van der Waals surface area contributed by atoms with Crippen molar-refractivity contribution in [2.45, 2.75) is 25.8 Å². The van der Waals surface area contributed by atoms with Crippen molar-refractivity contribution in [1.29, 1.82) is 0 Å². The summed E-state index contributed by atoms with van der Waals surface area (Å²) in [5, 5.41) is 4.19. The third-order valence-electron chi connectivity index (χ3n) is 2.95. The van der Waals surface area contributed by atoms with Crippen LogP contribution in [0.15, 0.2) is 24.9 Å². The molecule has 2 rings (SSSR count). The van der Waals surface area contributed by atoms with E-state index in [2.05, 4.69) is 21.6 Å². The zero-order valence-corrected chi connectivity index (χ0v) is 10.4. The topological polar surface area (TPSA) is 61.7 Å². The van der Waals surface area contributed by atoms with Crippen LogP contribution < -0.4 is 5.73 Å². The fourth-order valence-electron chi connectivity index (χ4n) is 2.08. The highest BCUT2D eigenvalue weighted by Gasteiger charge is 2.14. The predicted molar refractivity (Wildman–Crippen MR) is 67.4 cm³/mol. The van der Waals surface area contributed by atoms with Crippen LogP contribution in [-0.2, 0) is 7.05 Å². The Balaban J connectivity index is 2.33. The van der Waals surface area contributed by atoms with E-state index < -0.39 is 0 Å². The number of hydrogen-bond acceptors (Lipinski definition) is 3. The lowest BCUT2D eigenvalue weighted by atomic mass is 10.1. The van der Waals surface area contributed by atoms with Crippen LogP contribution in [0.1, 0.15) is 25.8 Å². The normalized spacial score (nSPS) is 12.9. The number of nitrogens with two attached hydrogens (primary N) is 1. The Labute approximate surface area is 101 Å². The van der Waals surface area contributed by atoms with Gasteiger partial charge in [-0.05, 0) is 6.42 Å². The summed E-state index contributed by atoms with van der Waals surface area (Å²) in [6.45, 7) is 2.81. The van der Waals surface area contributed by atoms with E-state index in [9.17, 15) is 0 Å². The molecule has 0 saturated heterocycles. The molecule has 5 nitrogen and oxygen atoms in total. The Morgan fingerprint density at radius 3 is 2.82 bits per heavy atom. The van der Waals surface area contributed by atoms with Crippen molar-refractivity contribution >= 4 is 0 Å². The number of aryl methyl sites for hydroxylation is 1. The van der Waals surface area contributed by atoms with Crippen LogP contribution in [0.4, 0.5) is 0 Å². The SMILES string of the molecule is CCCC(CN)n1cncc1-c1cnn(C)c1. The number of hydrogen-bond donors (Lipinski definition) is 1. The molecular weight excluding hydrogens is 214 g/mol. The molecule has 0 saturated carbocycles. The summed E-state index contributed by atoms with van der Waals surface area (Å²) < 4.78 is 3.95. The number of nitrogens with zero attached hydrogens (tertiary/aromatic N) is 4. The molecule has 1 atom stereocenters. The number of aromatic nitrogens is 4. The zero-order valence-electron chi connectivity index (χ0n) is 10.4. The molecule has 1 unspecified atom stereocenters. The first-order chi connectivity index (χ1) is 8.26. The Morgan fingerprint density at radius 2 is 2.24 bits per heavy atom. The van der Waals surface area contributed by atoms with E-state index >= 15 is 0 Å². The smallest absolute Gasteiger partial charge is 0.0954 e. The molecule has 2 N–H and O–H groups in total. The van der Waals surface area contributed by atoms with Crippen LogP contribution in [0, 0.1) is 0 Å². The Bertz CT molecular complexity index is 471. The molecule has 0 spiro atoms. The van der Waals surface area contributed by atoms with Gasteiger partial charge in [-0.2, -0.15) is 5.10 Å². The fraction of sp³-hybridized carbons (Fsp3) is 0.500. The highest BCUT2D eigenvalue weighted by Crippen LogP contribution is 2.23. The lowest BCUT2D eigenvalue weighted by Crippen LogP contribution is -2.19. The molecule has 17 heavy (non-hydrogen) atoms. The van der Waals surface area contributed by atoms with Crippen molar-refractivity contribution in [2.75, 3.05) is 6.54 Å². The highest BCUT2D eigenvalue weighted by molar-refractivity contribution is 5.56. The van der Waals surface area contributed by atoms with Crippen molar-refractivity contribution < 1.29 is 0 Å².